The van der Waals surface area contributed by atoms with Crippen molar-refractivity contribution >= 4 is 17.2 Å². The lowest BCUT2D eigenvalue weighted by atomic mass is 10.4. The minimum Gasteiger partial charge on any atom is -0.467 e. The Bertz CT molecular complexity index is 448. The van der Waals surface area contributed by atoms with Gasteiger partial charge in [0.25, 0.3) is 5.91 Å². The molecule has 0 saturated heterocycles. The van der Waals surface area contributed by atoms with E-state index in [0.717, 1.165) is 10.8 Å². The summed E-state index contributed by atoms with van der Waals surface area (Å²) < 4.78 is 5.09. The van der Waals surface area contributed by atoms with Gasteiger partial charge >= 0.3 is 0 Å². The number of hydrogen-bond donors (Lipinski definition) is 1. The summed E-state index contributed by atoms with van der Waals surface area (Å²) >= 11 is 1.46. The first kappa shape index (κ1) is 9.92. The minimum absolute atomic E-state index is 0.171. The Morgan fingerprint density at radius 3 is 3.13 bits per heavy atom. The largest absolute Gasteiger partial charge is 0.467 e. The molecule has 1 amide bonds. The van der Waals surface area contributed by atoms with E-state index in [1.54, 1.807) is 17.7 Å². The van der Waals surface area contributed by atoms with Gasteiger partial charge in [0, 0.05) is 5.38 Å². The van der Waals surface area contributed by atoms with Crippen molar-refractivity contribution in [3.63, 3.8) is 0 Å². The molecule has 0 saturated carbocycles. The molecule has 0 aromatic carbocycles. The zero-order valence-electron chi connectivity index (χ0n) is 8.19. The molecule has 2 heterocycles. The molecular formula is C10H10N2O2S. The number of carbonyl (C=O) groups is 1. The van der Waals surface area contributed by atoms with Gasteiger partial charge in [-0.2, -0.15) is 0 Å². The van der Waals surface area contributed by atoms with E-state index >= 15 is 0 Å². The molecule has 1 N–H and O–H groups in total. The first-order valence-corrected chi connectivity index (χ1v) is 5.36. The molecule has 0 aliphatic rings. The monoisotopic (exact) mass is 222 g/mol. The van der Waals surface area contributed by atoms with Crippen LogP contribution in [0.15, 0.2) is 28.2 Å². The van der Waals surface area contributed by atoms with Gasteiger partial charge in [-0.15, -0.1) is 11.3 Å². The maximum atomic E-state index is 11.5. The molecule has 5 heteroatoms. The lowest BCUT2D eigenvalue weighted by Gasteiger charge is -1.99. The standard InChI is InChI=1S/C10H10N2O2S/c1-7-12-9(6-15-7)10(13)11-5-8-3-2-4-14-8/h2-4,6H,5H2,1H3,(H,11,13). The molecule has 0 radical (unpaired) electrons. The van der Waals surface area contributed by atoms with Crippen LogP contribution in [0, 0.1) is 6.92 Å². The molecule has 2 rings (SSSR count). The van der Waals surface area contributed by atoms with E-state index in [2.05, 4.69) is 10.3 Å². The van der Waals surface area contributed by atoms with Gasteiger partial charge in [0.1, 0.15) is 11.5 Å². The Balaban J connectivity index is 1.93. The summed E-state index contributed by atoms with van der Waals surface area (Å²) in [6.45, 7) is 2.26. The molecule has 0 aliphatic heterocycles. The Labute approximate surface area is 90.9 Å². The zero-order valence-corrected chi connectivity index (χ0v) is 9.00. The Morgan fingerprint density at radius 1 is 1.67 bits per heavy atom. The molecule has 15 heavy (non-hydrogen) atoms. The van der Waals surface area contributed by atoms with E-state index in [4.69, 9.17) is 4.42 Å². The van der Waals surface area contributed by atoms with Crippen molar-refractivity contribution in [2.24, 2.45) is 0 Å². The van der Waals surface area contributed by atoms with Crippen LogP contribution in [0.1, 0.15) is 21.3 Å². The highest BCUT2D eigenvalue weighted by molar-refractivity contribution is 7.09. The van der Waals surface area contributed by atoms with Crippen molar-refractivity contribution in [3.8, 4) is 0 Å². The topological polar surface area (TPSA) is 55.1 Å². The Kier molecular flexibility index (Phi) is 2.82. The van der Waals surface area contributed by atoms with Crippen LogP contribution in [0.2, 0.25) is 0 Å². The smallest absolute Gasteiger partial charge is 0.271 e. The van der Waals surface area contributed by atoms with E-state index in [9.17, 15) is 4.79 Å². The number of aromatic nitrogens is 1. The predicted molar refractivity (Wildman–Crippen MR) is 56.7 cm³/mol. The van der Waals surface area contributed by atoms with Crippen molar-refractivity contribution in [2.75, 3.05) is 0 Å². The van der Waals surface area contributed by atoms with Crippen molar-refractivity contribution in [1.82, 2.24) is 10.3 Å². The van der Waals surface area contributed by atoms with Crippen LogP contribution in [0.3, 0.4) is 0 Å². The van der Waals surface area contributed by atoms with Crippen LogP contribution in [0.25, 0.3) is 0 Å². The number of amides is 1. The van der Waals surface area contributed by atoms with Crippen molar-refractivity contribution in [3.05, 3.63) is 40.2 Å². The number of nitrogens with one attached hydrogen (secondary N) is 1. The molecule has 0 unspecified atom stereocenters. The molecule has 0 aliphatic carbocycles. The summed E-state index contributed by atoms with van der Waals surface area (Å²) in [5.74, 6) is 0.561. The molecular weight excluding hydrogens is 212 g/mol. The quantitative estimate of drug-likeness (QED) is 0.863. The third-order valence-electron chi connectivity index (χ3n) is 1.85. The molecule has 0 fully saturated rings. The molecule has 0 atom stereocenters. The third-order valence-corrected chi connectivity index (χ3v) is 2.63. The third kappa shape index (κ3) is 2.44. The second kappa shape index (κ2) is 4.27. The highest BCUT2D eigenvalue weighted by Gasteiger charge is 2.08. The molecule has 0 bridgehead atoms. The number of furan rings is 1. The number of carbonyl (C=O) groups excluding carboxylic acids is 1. The molecule has 4 nitrogen and oxygen atoms in total. The molecule has 2 aromatic rings. The summed E-state index contributed by atoms with van der Waals surface area (Å²) in [5.41, 5.74) is 0.462. The molecule has 78 valence electrons. The highest BCUT2D eigenvalue weighted by atomic mass is 32.1. The van der Waals surface area contributed by atoms with E-state index in [-0.39, 0.29) is 5.91 Å². The predicted octanol–water partition coefficient (Wildman–Crippen LogP) is 1.97. The second-order valence-electron chi connectivity index (χ2n) is 3.01. The molecule has 2 aromatic heterocycles. The van der Waals surface area contributed by atoms with Gasteiger partial charge < -0.3 is 9.73 Å². The van der Waals surface area contributed by atoms with Crippen molar-refractivity contribution < 1.29 is 9.21 Å². The lowest BCUT2D eigenvalue weighted by molar-refractivity contribution is 0.0943. The van der Waals surface area contributed by atoms with Crippen LogP contribution in [0.4, 0.5) is 0 Å². The van der Waals surface area contributed by atoms with Crippen LogP contribution >= 0.6 is 11.3 Å². The van der Waals surface area contributed by atoms with E-state index < -0.39 is 0 Å². The number of nitrogens with zero attached hydrogens (tertiary/aromatic N) is 1. The maximum Gasteiger partial charge on any atom is 0.271 e. The van der Waals surface area contributed by atoms with E-state index in [1.807, 2.05) is 13.0 Å². The van der Waals surface area contributed by atoms with Gasteiger partial charge in [-0.3, -0.25) is 4.79 Å². The van der Waals surface area contributed by atoms with Crippen LogP contribution in [-0.2, 0) is 6.54 Å². The average Bonchev–Trinajstić information content (AvgIpc) is 2.84. The summed E-state index contributed by atoms with van der Waals surface area (Å²) in [6.07, 6.45) is 1.58. The number of aryl methyl sites for hydroxylation is 1. The van der Waals surface area contributed by atoms with Crippen LogP contribution in [0.5, 0.6) is 0 Å². The Morgan fingerprint density at radius 2 is 2.53 bits per heavy atom. The minimum atomic E-state index is -0.171. The summed E-state index contributed by atoms with van der Waals surface area (Å²) in [5, 5.41) is 5.36. The number of hydrogen-bond acceptors (Lipinski definition) is 4. The molecule has 0 spiro atoms. The van der Waals surface area contributed by atoms with Gasteiger partial charge in [-0.1, -0.05) is 0 Å². The van der Waals surface area contributed by atoms with Gasteiger partial charge in [-0.05, 0) is 19.1 Å². The van der Waals surface area contributed by atoms with Gasteiger partial charge in [0.2, 0.25) is 0 Å². The van der Waals surface area contributed by atoms with Gasteiger partial charge in [0.05, 0.1) is 17.8 Å². The summed E-state index contributed by atoms with van der Waals surface area (Å²) in [7, 11) is 0. The lowest BCUT2D eigenvalue weighted by Crippen LogP contribution is -2.22. The fourth-order valence-corrected chi connectivity index (χ4v) is 1.73. The Hall–Kier alpha value is -1.62. The van der Waals surface area contributed by atoms with Gasteiger partial charge in [0.15, 0.2) is 0 Å². The number of rotatable bonds is 3. The van der Waals surface area contributed by atoms with E-state index in [0.29, 0.717) is 12.2 Å². The van der Waals surface area contributed by atoms with Crippen molar-refractivity contribution in [2.45, 2.75) is 13.5 Å². The van der Waals surface area contributed by atoms with Crippen molar-refractivity contribution in [1.29, 1.82) is 0 Å². The van der Waals surface area contributed by atoms with Crippen LogP contribution < -0.4 is 5.32 Å². The number of thiazole rings is 1. The fourth-order valence-electron chi connectivity index (χ4n) is 1.14. The summed E-state index contributed by atoms with van der Waals surface area (Å²) in [6, 6.07) is 3.60. The van der Waals surface area contributed by atoms with Crippen LogP contribution in [-0.4, -0.2) is 10.9 Å². The highest BCUT2D eigenvalue weighted by Crippen LogP contribution is 2.08. The van der Waals surface area contributed by atoms with E-state index in [1.165, 1.54) is 11.3 Å². The first-order chi connectivity index (χ1) is 7.25. The SMILES string of the molecule is Cc1nc(C(=O)NCc2ccco2)cs1. The van der Waals surface area contributed by atoms with Gasteiger partial charge in [-0.25, -0.2) is 4.98 Å². The average molecular weight is 222 g/mol. The zero-order chi connectivity index (χ0) is 10.7. The maximum absolute atomic E-state index is 11.5. The fraction of sp³-hybridized carbons (Fsp3) is 0.200. The second-order valence-corrected chi connectivity index (χ2v) is 4.08. The normalized spacial score (nSPS) is 10.2. The first-order valence-electron chi connectivity index (χ1n) is 4.48. The summed E-state index contributed by atoms with van der Waals surface area (Å²) in [4.78, 5) is 15.6.